The Balaban J connectivity index is 1.70. The fourth-order valence-electron chi connectivity index (χ4n) is 2.74. The number of hydrogen-bond acceptors (Lipinski definition) is 4. The molecule has 1 heterocycles. The van der Waals surface area contributed by atoms with E-state index in [1.807, 2.05) is 0 Å². The minimum atomic E-state index is -1.16. The van der Waals surface area contributed by atoms with Crippen LogP contribution in [0.5, 0.6) is 5.75 Å². The molecule has 0 unspecified atom stereocenters. The summed E-state index contributed by atoms with van der Waals surface area (Å²) in [6, 6.07) is 6.62. The van der Waals surface area contributed by atoms with Crippen molar-refractivity contribution >= 4 is 17.6 Å². The number of carboxylic acids is 1. The molecule has 2 N–H and O–H groups in total. The molecule has 0 saturated heterocycles. The van der Waals surface area contributed by atoms with Gasteiger partial charge in [0.1, 0.15) is 5.69 Å². The molecule has 1 fully saturated rings. The number of benzene rings is 1. The summed E-state index contributed by atoms with van der Waals surface area (Å²) >= 11 is 0. The van der Waals surface area contributed by atoms with Crippen LogP contribution in [-0.2, 0) is 0 Å². The third-order valence-electron chi connectivity index (χ3n) is 4.03. The van der Waals surface area contributed by atoms with Crippen molar-refractivity contribution in [2.24, 2.45) is 0 Å². The first kappa shape index (κ1) is 16.9. The number of rotatable bonds is 5. The summed E-state index contributed by atoms with van der Waals surface area (Å²) in [5.41, 5.74) is 0.127. The highest BCUT2D eigenvalue weighted by molar-refractivity contribution is 6.04. The van der Waals surface area contributed by atoms with Crippen molar-refractivity contribution in [3.63, 3.8) is 0 Å². The second-order valence-corrected chi connectivity index (χ2v) is 5.86. The molecule has 1 aromatic carbocycles. The molecular formula is C18H17FN2O4. The minimum Gasteiger partial charge on any atom is -0.487 e. The Hall–Kier alpha value is -2.96. The van der Waals surface area contributed by atoms with Crippen molar-refractivity contribution in [3.05, 3.63) is 53.6 Å². The lowest BCUT2D eigenvalue weighted by molar-refractivity contribution is 0.0696. The average molecular weight is 344 g/mol. The van der Waals surface area contributed by atoms with Crippen LogP contribution in [0.1, 0.15) is 46.5 Å². The molecule has 0 radical (unpaired) electrons. The Kier molecular flexibility index (Phi) is 4.92. The lowest BCUT2D eigenvalue weighted by Gasteiger charge is -2.14. The van der Waals surface area contributed by atoms with E-state index in [9.17, 15) is 14.0 Å². The van der Waals surface area contributed by atoms with Gasteiger partial charge in [0.2, 0.25) is 0 Å². The van der Waals surface area contributed by atoms with E-state index < -0.39 is 17.7 Å². The Bertz CT molecular complexity index is 803. The van der Waals surface area contributed by atoms with E-state index in [0.717, 1.165) is 31.7 Å². The second-order valence-electron chi connectivity index (χ2n) is 5.86. The zero-order valence-electron chi connectivity index (χ0n) is 13.4. The maximum absolute atomic E-state index is 14.2. The molecule has 1 aliphatic carbocycles. The molecule has 1 amide bonds. The van der Waals surface area contributed by atoms with Gasteiger partial charge in [-0.15, -0.1) is 0 Å². The van der Waals surface area contributed by atoms with Crippen LogP contribution in [0.2, 0.25) is 0 Å². The lowest BCUT2D eigenvalue weighted by Crippen LogP contribution is -2.15. The number of halogens is 1. The molecule has 7 heteroatoms. The second kappa shape index (κ2) is 7.29. The van der Waals surface area contributed by atoms with Crippen LogP contribution in [0, 0.1) is 5.82 Å². The van der Waals surface area contributed by atoms with Crippen LogP contribution >= 0.6 is 0 Å². The molecule has 0 aliphatic heterocycles. The molecule has 2 aromatic rings. The van der Waals surface area contributed by atoms with E-state index >= 15 is 0 Å². The highest BCUT2D eigenvalue weighted by Gasteiger charge is 2.18. The number of pyridine rings is 1. The van der Waals surface area contributed by atoms with E-state index in [1.165, 1.54) is 30.5 Å². The number of amides is 1. The number of hydrogen-bond donors (Lipinski definition) is 2. The van der Waals surface area contributed by atoms with Crippen LogP contribution in [0.25, 0.3) is 0 Å². The molecule has 1 aliphatic rings. The summed E-state index contributed by atoms with van der Waals surface area (Å²) < 4.78 is 19.8. The van der Waals surface area contributed by atoms with Gasteiger partial charge >= 0.3 is 5.97 Å². The predicted molar refractivity (Wildman–Crippen MR) is 88.4 cm³/mol. The van der Waals surface area contributed by atoms with Gasteiger partial charge in [-0.1, -0.05) is 0 Å². The minimum absolute atomic E-state index is 0.0397. The summed E-state index contributed by atoms with van der Waals surface area (Å²) in [7, 11) is 0. The average Bonchev–Trinajstić information content (AvgIpc) is 3.10. The van der Waals surface area contributed by atoms with Gasteiger partial charge in [0.15, 0.2) is 11.6 Å². The van der Waals surface area contributed by atoms with Crippen molar-refractivity contribution in [2.75, 3.05) is 5.32 Å². The normalized spacial score (nSPS) is 14.3. The van der Waals surface area contributed by atoms with E-state index in [-0.39, 0.29) is 28.8 Å². The van der Waals surface area contributed by atoms with Gasteiger partial charge in [-0.3, -0.25) is 9.78 Å². The molecule has 1 aromatic heterocycles. The van der Waals surface area contributed by atoms with E-state index in [1.54, 1.807) is 0 Å². The van der Waals surface area contributed by atoms with Gasteiger partial charge in [-0.2, -0.15) is 0 Å². The number of carbonyl (C=O) groups excluding carboxylic acids is 1. The first-order valence-electron chi connectivity index (χ1n) is 8.00. The molecule has 3 rings (SSSR count). The molecule has 25 heavy (non-hydrogen) atoms. The monoisotopic (exact) mass is 344 g/mol. The summed E-state index contributed by atoms with van der Waals surface area (Å²) in [6.07, 6.45) is 5.29. The molecular weight excluding hydrogens is 327 g/mol. The van der Waals surface area contributed by atoms with Crippen LogP contribution in [0.4, 0.5) is 10.1 Å². The third-order valence-corrected chi connectivity index (χ3v) is 4.03. The van der Waals surface area contributed by atoms with Gasteiger partial charge in [-0.05, 0) is 49.9 Å². The van der Waals surface area contributed by atoms with E-state index in [2.05, 4.69) is 10.3 Å². The SMILES string of the molecule is O=C(O)c1ccnc(C(=O)Nc2ccc(OC3CCCC3)c(F)c2)c1. The molecule has 6 nitrogen and oxygen atoms in total. The number of aromatic nitrogens is 1. The number of aromatic carboxylic acids is 1. The number of carbonyl (C=O) groups is 2. The fraction of sp³-hybridized carbons (Fsp3) is 0.278. The Labute approximate surface area is 143 Å². The lowest BCUT2D eigenvalue weighted by atomic mass is 10.2. The Morgan fingerprint density at radius 2 is 1.96 bits per heavy atom. The Morgan fingerprint density at radius 3 is 2.64 bits per heavy atom. The first-order valence-corrected chi connectivity index (χ1v) is 8.00. The fourth-order valence-corrected chi connectivity index (χ4v) is 2.74. The molecule has 0 bridgehead atoms. The van der Waals surface area contributed by atoms with Gasteiger partial charge in [0.25, 0.3) is 5.91 Å². The highest BCUT2D eigenvalue weighted by Crippen LogP contribution is 2.27. The van der Waals surface area contributed by atoms with Crippen LogP contribution in [0.3, 0.4) is 0 Å². The van der Waals surface area contributed by atoms with E-state index in [4.69, 9.17) is 9.84 Å². The summed E-state index contributed by atoms with van der Waals surface area (Å²) in [6.45, 7) is 0. The molecule has 130 valence electrons. The predicted octanol–water partition coefficient (Wildman–Crippen LogP) is 3.49. The molecule has 0 spiro atoms. The number of nitrogens with zero attached hydrogens (tertiary/aromatic N) is 1. The van der Waals surface area contributed by atoms with Crippen molar-refractivity contribution in [1.82, 2.24) is 4.98 Å². The van der Waals surface area contributed by atoms with Crippen molar-refractivity contribution in [2.45, 2.75) is 31.8 Å². The number of nitrogens with one attached hydrogen (secondary N) is 1. The van der Waals surface area contributed by atoms with Crippen LogP contribution in [0.15, 0.2) is 36.5 Å². The van der Waals surface area contributed by atoms with Crippen LogP contribution < -0.4 is 10.1 Å². The number of carboxylic acid groups (broad SMARTS) is 1. The topological polar surface area (TPSA) is 88.5 Å². The van der Waals surface area contributed by atoms with Crippen molar-refractivity contribution < 1.29 is 23.8 Å². The third kappa shape index (κ3) is 4.12. The van der Waals surface area contributed by atoms with Gasteiger partial charge in [-0.25, -0.2) is 9.18 Å². The summed E-state index contributed by atoms with van der Waals surface area (Å²) in [4.78, 5) is 26.9. The zero-order valence-corrected chi connectivity index (χ0v) is 13.4. The smallest absolute Gasteiger partial charge is 0.335 e. The van der Waals surface area contributed by atoms with Gasteiger partial charge < -0.3 is 15.2 Å². The maximum atomic E-state index is 14.2. The largest absolute Gasteiger partial charge is 0.487 e. The van der Waals surface area contributed by atoms with Gasteiger partial charge in [0, 0.05) is 18.0 Å². The van der Waals surface area contributed by atoms with Crippen molar-refractivity contribution in [3.8, 4) is 5.75 Å². The summed E-state index contributed by atoms with van der Waals surface area (Å²) in [5, 5.41) is 11.4. The number of anilines is 1. The Morgan fingerprint density at radius 1 is 1.20 bits per heavy atom. The van der Waals surface area contributed by atoms with Crippen molar-refractivity contribution in [1.29, 1.82) is 0 Å². The quantitative estimate of drug-likeness (QED) is 0.867. The van der Waals surface area contributed by atoms with Gasteiger partial charge in [0.05, 0.1) is 11.7 Å². The van der Waals surface area contributed by atoms with Crippen LogP contribution in [-0.4, -0.2) is 28.1 Å². The molecule has 0 atom stereocenters. The zero-order chi connectivity index (χ0) is 17.8. The summed E-state index contributed by atoms with van der Waals surface area (Å²) in [5.74, 6) is -2.17. The van der Waals surface area contributed by atoms with E-state index in [0.29, 0.717) is 0 Å². The number of ether oxygens (including phenoxy) is 1. The molecule has 1 saturated carbocycles. The maximum Gasteiger partial charge on any atom is 0.335 e. The standard InChI is InChI=1S/C18H17FN2O4/c19-14-10-12(5-6-16(14)25-13-3-1-2-4-13)21-17(22)15-9-11(18(23)24)7-8-20-15/h5-10,13H,1-4H2,(H,21,22)(H,23,24). The highest BCUT2D eigenvalue weighted by atomic mass is 19.1. The first-order chi connectivity index (χ1) is 12.0.